The molecule has 0 fully saturated rings. The third kappa shape index (κ3) is 4.37. The summed E-state index contributed by atoms with van der Waals surface area (Å²) in [5, 5.41) is 0. The molecule has 0 aromatic rings. The predicted molar refractivity (Wildman–Crippen MR) is 71.8 cm³/mol. The Kier molecular flexibility index (Phi) is 4.85. The van der Waals surface area contributed by atoms with E-state index in [1.807, 2.05) is 20.8 Å². The van der Waals surface area contributed by atoms with Crippen molar-refractivity contribution in [2.45, 2.75) is 38.6 Å². The summed E-state index contributed by atoms with van der Waals surface area (Å²) < 4.78 is 44.3. The lowest BCUT2D eigenvalue weighted by Gasteiger charge is -2.15. The minimum Gasteiger partial charge on any atom is -0.237 e. The van der Waals surface area contributed by atoms with Crippen LogP contribution in [-0.4, -0.2) is 16.6 Å². The molecule has 18 heavy (non-hydrogen) atoms. The van der Waals surface area contributed by atoms with E-state index < -0.39 is 17.8 Å². The molecule has 0 radical (unpaired) electrons. The molecule has 0 bridgehead atoms. The van der Waals surface area contributed by atoms with Crippen LogP contribution in [0.15, 0.2) is 39.9 Å². The largest absolute Gasteiger partial charge is 0.237 e. The molecule has 1 nitrogen and oxygen atoms in total. The molecule has 0 N–H and O–H groups in total. The zero-order chi connectivity index (χ0) is 13.9. The summed E-state index contributed by atoms with van der Waals surface area (Å²) in [6, 6.07) is 0. The number of hydrogen-bond acceptors (Lipinski definition) is 2. The van der Waals surface area contributed by atoms with Crippen LogP contribution in [0.25, 0.3) is 0 Å². The number of hydrogen-bond donors (Lipinski definition) is 0. The maximum Gasteiger partial charge on any atom is 0.151 e. The van der Waals surface area contributed by atoms with Gasteiger partial charge < -0.3 is 0 Å². The van der Waals surface area contributed by atoms with Gasteiger partial charge in [0.1, 0.15) is 11.7 Å². The second kappa shape index (κ2) is 5.78. The van der Waals surface area contributed by atoms with Gasteiger partial charge in [-0.05, 0) is 57.9 Å². The van der Waals surface area contributed by atoms with Gasteiger partial charge in [0.05, 0.1) is 5.71 Å². The minimum absolute atomic E-state index is 0.147. The zero-order valence-electron chi connectivity index (χ0n) is 10.8. The van der Waals surface area contributed by atoms with Crippen molar-refractivity contribution in [1.82, 2.24) is 0 Å². The van der Waals surface area contributed by atoms with Gasteiger partial charge in [-0.15, -0.1) is 0 Å². The van der Waals surface area contributed by atoms with E-state index in [0.717, 1.165) is 18.2 Å². The first-order valence-corrected chi connectivity index (χ1v) is 6.30. The van der Waals surface area contributed by atoms with Crippen LogP contribution in [0.1, 0.15) is 27.7 Å². The van der Waals surface area contributed by atoms with E-state index in [2.05, 4.69) is 4.40 Å². The number of allylic oxidation sites excluding steroid dienone is 6. The molecule has 0 aromatic carbocycles. The second-order valence-electron chi connectivity index (χ2n) is 4.93. The molecule has 5 heteroatoms. The van der Waals surface area contributed by atoms with Crippen molar-refractivity contribution < 1.29 is 13.2 Å². The third-order valence-electron chi connectivity index (χ3n) is 2.07. The van der Waals surface area contributed by atoms with Gasteiger partial charge in [0.2, 0.25) is 0 Å². The van der Waals surface area contributed by atoms with E-state index in [-0.39, 0.29) is 16.0 Å². The van der Waals surface area contributed by atoms with Crippen LogP contribution in [0.3, 0.4) is 0 Å². The van der Waals surface area contributed by atoms with Crippen LogP contribution in [0.2, 0.25) is 0 Å². The zero-order valence-corrected chi connectivity index (χ0v) is 11.6. The SMILES string of the molecule is CC(=NSC(C)(C)C)C1=C(F)C=CC(F)=CC1F. The summed E-state index contributed by atoms with van der Waals surface area (Å²) in [7, 11) is 0. The number of rotatable bonds is 2. The lowest BCUT2D eigenvalue weighted by Crippen LogP contribution is -2.12. The minimum atomic E-state index is -1.82. The summed E-state index contributed by atoms with van der Waals surface area (Å²) in [6.07, 6.45) is 0.740. The Hall–Kier alpha value is -0.970. The highest BCUT2D eigenvalue weighted by Crippen LogP contribution is 2.28. The first-order chi connectivity index (χ1) is 8.20. The fraction of sp³-hybridized carbons (Fsp3) is 0.462. The van der Waals surface area contributed by atoms with Crippen LogP contribution in [0.5, 0.6) is 0 Å². The van der Waals surface area contributed by atoms with Crippen LogP contribution in [0, 0.1) is 0 Å². The Morgan fingerprint density at radius 2 is 1.89 bits per heavy atom. The van der Waals surface area contributed by atoms with Crippen molar-refractivity contribution in [1.29, 1.82) is 0 Å². The number of alkyl halides is 1. The number of nitrogens with zero attached hydrogens (tertiary/aromatic N) is 1. The Morgan fingerprint density at radius 3 is 2.44 bits per heavy atom. The van der Waals surface area contributed by atoms with E-state index >= 15 is 0 Å². The molecular weight excluding hydrogens is 259 g/mol. The molecule has 1 aliphatic carbocycles. The predicted octanol–water partition coefficient (Wildman–Crippen LogP) is 4.88. The molecule has 0 aromatic heterocycles. The highest BCUT2D eigenvalue weighted by atomic mass is 32.2. The van der Waals surface area contributed by atoms with E-state index in [9.17, 15) is 13.2 Å². The molecule has 1 aliphatic rings. The molecule has 1 atom stereocenters. The topological polar surface area (TPSA) is 12.4 Å². The van der Waals surface area contributed by atoms with Gasteiger partial charge in [-0.2, -0.15) is 0 Å². The smallest absolute Gasteiger partial charge is 0.151 e. The quantitative estimate of drug-likeness (QED) is 0.517. The van der Waals surface area contributed by atoms with E-state index in [4.69, 9.17) is 0 Å². The molecule has 0 aliphatic heterocycles. The van der Waals surface area contributed by atoms with E-state index in [1.54, 1.807) is 0 Å². The van der Waals surface area contributed by atoms with Gasteiger partial charge in [-0.1, -0.05) is 0 Å². The standard InChI is InChI=1S/C13H16F3NS/c1-8(17-18-13(2,3)4)12-10(15)6-5-9(14)7-11(12)16/h5-7,11H,1-4H3. The average Bonchev–Trinajstić information content (AvgIpc) is 2.34. The molecule has 1 rings (SSSR count). The van der Waals surface area contributed by atoms with Gasteiger partial charge in [0.25, 0.3) is 0 Å². The van der Waals surface area contributed by atoms with E-state index in [0.29, 0.717) is 0 Å². The monoisotopic (exact) mass is 275 g/mol. The van der Waals surface area contributed by atoms with Crippen molar-refractivity contribution in [2.24, 2.45) is 4.40 Å². The molecule has 0 heterocycles. The molecule has 1 unspecified atom stereocenters. The van der Waals surface area contributed by atoms with Gasteiger partial charge in [0.15, 0.2) is 6.17 Å². The summed E-state index contributed by atoms with van der Waals surface area (Å²) >= 11 is 1.23. The summed E-state index contributed by atoms with van der Waals surface area (Å²) in [6.45, 7) is 7.35. The highest BCUT2D eigenvalue weighted by molar-refractivity contribution is 7.99. The third-order valence-corrected chi connectivity index (χ3v) is 2.99. The van der Waals surface area contributed by atoms with Gasteiger partial charge in [-0.25, -0.2) is 17.6 Å². The average molecular weight is 275 g/mol. The number of halogens is 3. The molecular formula is C13H16F3NS. The fourth-order valence-electron chi connectivity index (χ4n) is 1.28. The second-order valence-corrected chi connectivity index (χ2v) is 6.52. The molecule has 0 spiro atoms. The van der Waals surface area contributed by atoms with Crippen LogP contribution in [-0.2, 0) is 0 Å². The highest BCUT2D eigenvalue weighted by Gasteiger charge is 2.22. The van der Waals surface area contributed by atoms with Crippen molar-refractivity contribution in [3.8, 4) is 0 Å². The lowest BCUT2D eigenvalue weighted by atomic mass is 10.1. The van der Waals surface area contributed by atoms with Crippen molar-refractivity contribution >= 4 is 17.7 Å². The Balaban J connectivity index is 3.03. The van der Waals surface area contributed by atoms with Crippen molar-refractivity contribution in [2.75, 3.05) is 0 Å². The van der Waals surface area contributed by atoms with Crippen LogP contribution in [0.4, 0.5) is 13.2 Å². The first kappa shape index (κ1) is 15.1. The van der Waals surface area contributed by atoms with Gasteiger partial charge in [-0.3, -0.25) is 0 Å². The van der Waals surface area contributed by atoms with E-state index in [1.165, 1.54) is 18.9 Å². The Morgan fingerprint density at radius 1 is 1.28 bits per heavy atom. The maximum absolute atomic E-state index is 13.7. The fourth-order valence-corrected chi connectivity index (χ4v) is 1.79. The summed E-state index contributed by atoms with van der Waals surface area (Å²) in [5.41, 5.74) is 0.0196. The molecule has 0 saturated heterocycles. The Labute approximate surface area is 110 Å². The Bertz CT molecular complexity index is 442. The van der Waals surface area contributed by atoms with Crippen LogP contribution < -0.4 is 0 Å². The lowest BCUT2D eigenvalue weighted by molar-refractivity contribution is 0.444. The summed E-state index contributed by atoms with van der Waals surface area (Å²) in [5.74, 6) is -1.58. The summed E-state index contributed by atoms with van der Waals surface area (Å²) in [4.78, 5) is 0. The van der Waals surface area contributed by atoms with Crippen LogP contribution >= 0.6 is 11.9 Å². The van der Waals surface area contributed by atoms with Gasteiger partial charge in [0, 0.05) is 10.3 Å². The normalized spacial score (nSPS) is 22.1. The molecule has 0 amide bonds. The van der Waals surface area contributed by atoms with Crippen molar-refractivity contribution in [3.63, 3.8) is 0 Å². The maximum atomic E-state index is 13.7. The molecule has 100 valence electrons. The first-order valence-electron chi connectivity index (χ1n) is 5.53. The van der Waals surface area contributed by atoms with Gasteiger partial charge >= 0.3 is 0 Å². The van der Waals surface area contributed by atoms with Crippen molar-refractivity contribution in [3.05, 3.63) is 35.5 Å². The molecule has 0 saturated carbocycles.